The predicted molar refractivity (Wildman–Crippen MR) is 132 cm³/mol. The van der Waals surface area contributed by atoms with Gasteiger partial charge in [0.25, 0.3) is 0 Å². The van der Waals surface area contributed by atoms with Crippen molar-refractivity contribution in [3.05, 3.63) is 48.0 Å². The van der Waals surface area contributed by atoms with Crippen molar-refractivity contribution >= 4 is 27.3 Å². The van der Waals surface area contributed by atoms with E-state index in [0.717, 1.165) is 56.9 Å². The fraction of sp³-hybridized carbons (Fsp3) is 0.480. The Kier molecular flexibility index (Phi) is 8.07. The molecule has 2 fully saturated rings. The first-order chi connectivity index (χ1) is 16.5. The van der Waals surface area contributed by atoms with Crippen LogP contribution >= 0.6 is 0 Å². The number of nitrogens with one attached hydrogen (secondary N) is 1. The summed E-state index contributed by atoms with van der Waals surface area (Å²) >= 11 is 0. The lowest BCUT2D eigenvalue weighted by Crippen LogP contribution is -2.36. The summed E-state index contributed by atoms with van der Waals surface area (Å²) in [6, 6.07) is 12.7. The number of hydrogen-bond donors (Lipinski definition) is 1. The van der Waals surface area contributed by atoms with Crippen molar-refractivity contribution in [2.75, 3.05) is 56.7 Å². The normalized spacial score (nSPS) is 17.4. The van der Waals surface area contributed by atoms with Crippen molar-refractivity contribution in [3.63, 3.8) is 0 Å². The molecule has 9 heteroatoms. The molecule has 1 amide bonds. The largest absolute Gasteiger partial charge is 0.496 e. The predicted octanol–water partition coefficient (Wildman–Crippen LogP) is 3.28. The van der Waals surface area contributed by atoms with Crippen molar-refractivity contribution in [2.45, 2.75) is 37.0 Å². The molecule has 0 saturated carbocycles. The summed E-state index contributed by atoms with van der Waals surface area (Å²) in [7, 11) is -2.00. The second-order valence-electron chi connectivity index (χ2n) is 8.63. The lowest BCUT2D eigenvalue weighted by molar-refractivity contribution is -0.116. The average molecular weight is 488 g/mol. The average Bonchev–Trinajstić information content (AvgIpc) is 2.88. The van der Waals surface area contributed by atoms with Gasteiger partial charge in [-0.1, -0.05) is 6.42 Å². The maximum Gasteiger partial charge on any atom is 0.243 e. The first-order valence-corrected chi connectivity index (χ1v) is 13.3. The second-order valence-corrected chi connectivity index (χ2v) is 10.6. The molecule has 1 N–H and O–H groups in total. The number of anilines is 2. The summed E-state index contributed by atoms with van der Waals surface area (Å²) in [6.07, 6.45) is 3.43. The minimum atomic E-state index is -3.54. The van der Waals surface area contributed by atoms with Crippen LogP contribution in [0.2, 0.25) is 0 Å². The zero-order chi connectivity index (χ0) is 24.0. The van der Waals surface area contributed by atoms with Crippen LogP contribution in [0.15, 0.2) is 47.4 Å². The van der Waals surface area contributed by atoms with Crippen LogP contribution in [0.3, 0.4) is 0 Å². The summed E-state index contributed by atoms with van der Waals surface area (Å²) in [5.74, 6) is 0.450. The van der Waals surface area contributed by atoms with Gasteiger partial charge in [0.1, 0.15) is 5.75 Å². The number of benzene rings is 2. The van der Waals surface area contributed by atoms with Gasteiger partial charge in [0.2, 0.25) is 15.9 Å². The number of amides is 1. The van der Waals surface area contributed by atoms with Gasteiger partial charge in [-0.05, 0) is 67.3 Å². The number of nitrogens with zero attached hydrogens (tertiary/aromatic N) is 2. The van der Waals surface area contributed by atoms with Crippen molar-refractivity contribution in [1.29, 1.82) is 0 Å². The Morgan fingerprint density at radius 1 is 1.00 bits per heavy atom. The van der Waals surface area contributed by atoms with Crippen molar-refractivity contribution in [1.82, 2.24) is 4.31 Å². The Hall–Kier alpha value is -2.62. The molecule has 2 aliphatic heterocycles. The number of methoxy groups -OCH3 is 1. The lowest BCUT2D eigenvalue weighted by Gasteiger charge is -2.28. The number of carbonyl (C=O) groups excluding carboxylic acids is 1. The maximum absolute atomic E-state index is 13.1. The van der Waals surface area contributed by atoms with E-state index in [1.165, 1.54) is 0 Å². The van der Waals surface area contributed by atoms with Crippen LogP contribution in [0.4, 0.5) is 11.4 Å². The highest BCUT2D eigenvalue weighted by atomic mass is 32.2. The van der Waals surface area contributed by atoms with Crippen LogP contribution in [-0.4, -0.2) is 65.1 Å². The topological polar surface area (TPSA) is 88.2 Å². The molecule has 0 unspecified atom stereocenters. The highest BCUT2D eigenvalue weighted by Gasteiger charge is 2.26. The van der Waals surface area contributed by atoms with E-state index in [0.29, 0.717) is 30.8 Å². The molecule has 2 aromatic carbocycles. The van der Waals surface area contributed by atoms with Crippen LogP contribution in [-0.2, 0) is 26.0 Å². The third kappa shape index (κ3) is 5.89. The van der Waals surface area contributed by atoms with Crippen LogP contribution < -0.4 is 15.0 Å². The summed E-state index contributed by atoms with van der Waals surface area (Å²) in [5, 5.41) is 2.93. The Morgan fingerprint density at radius 2 is 1.71 bits per heavy atom. The number of rotatable bonds is 8. The van der Waals surface area contributed by atoms with Crippen LogP contribution in [0, 0.1) is 0 Å². The molecule has 0 aliphatic carbocycles. The fourth-order valence-electron chi connectivity index (χ4n) is 4.41. The van der Waals surface area contributed by atoms with Gasteiger partial charge in [0.05, 0.1) is 25.2 Å². The molecule has 0 spiro atoms. The Labute approximate surface area is 201 Å². The highest BCUT2D eigenvalue weighted by molar-refractivity contribution is 7.89. The zero-order valence-corrected chi connectivity index (χ0v) is 20.5. The summed E-state index contributed by atoms with van der Waals surface area (Å²) in [6.45, 7) is 4.28. The molecule has 184 valence electrons. The first-order valence-electron chi connectivity index (χ1n) is 11.9. The Balaban J connectivity index is 1.38. The first kappa shape index (κ1) is 24.5. The number of sulfonamides is 1. The van der Waals surface area contributed by atoms with Crippen LogP contribution in [0.25, 0.3) is 0 Å². The molecular formula is C25H33N3O5S. The number of morpholine rings is 1. The molecule has 0 atom stereocenters. The van der Waals surface area contributed by atoms with E-state index >= 15 is 0 Å². The molecule has 34 heavy (non-hydrogen) atoms. The summed E-state index contributed by atoms with van der Waals surface area (Å²) in [4.78, 5) is 15.1. The quantitative estimate of drug-likeness (QED) is 0.615. The standard InChI is InChI=1S/C25H33N3O5S/c1-32-24-11-10-23(34(30,31)28-13-3-2-4-14-28)19-20(24)5-12-25(29)26-21-6-8-22(9-7-21)27-15-17-33-18-16-27/h6-11,19H,2-5,12-18H2,1H3,(H,26,29). The molecule has 8 nitrogen and oxygen atoms in total. The summed E-state index contributed by atoms with van der Waals surface area (Å²) < 4.78 is 38.5. The van der Waals surface area contributed by atoms with Gasteiger partial charge < -0.3 is 19.7 Å². The molecule has 0 radical (unpaired) electrons. The minimum absolute atomic E-state index is 0.134. The van der Waals surface area contributed by atoms with E-state index in [9.17, 15) is 13.2 Å². The third-order valence-corrected chi connectivity index (χ3v) is 8.25. The maximum atomic E-state index is 13.1. The fourth-order valence-corrected chi connectivity index (χ4v) is 5.98. The number of piperidine rings is 1. The minimum Gasteiger partial charge on any atom is -0.496 e. The van der Waals surface area contributed by atoms with E-state index in [4.69, 9.17) is 9.47 Å². The molecule has 2 aromatic rings. The van der Waals surface area contributed by atoms with Gasteiger partial charge >= 0.3 is 0 Å². The van der Waals surface area contributed by atoms with Crippen molar-refractivity contribution in [3.8, 4) is 5.75 Å². The van der Waals surface area contributed by atoms with Gasteiger partial charge in [-0.15, -0.1) is 0 Å². The van der Waals surface area contributed by atoms with Crippen LogP contribution in [0.1, 0.15) is 31.2 Å². The molecule has 2 heterocycles. The highest BCUT2D eigenvalue weighted by Crippen LogP contribution is 2.27. The summed E-state index contributed by atoms with van der Waals surface area (Å²) in [5.41, 5.74) is 2.55. The van der Waals surface area contributed by atoms with Gasteiger partial charge in [0, 0.05) is 44.0 Å². The SMILES string of the molecule is COc1ccc(S(=O)(=O)N2CCCCC2)cc1CCC(=O)Nc1ccc(N2CCOCC2)cc1. The van der Waals surface area contributed by atoms with Gasteiger partial charge in [-0.25, -0.2) is 8.42 Å². The van der Waals surface area contributed by atoms with Crippen molar-refractivity contribution < 1.29 is 22.7 Å². The monoisotopic (exact) mass is 487 g/mol. The molecule has 0 aromatic heterocycles. The number of carbonyl (C=O) groups is 1. The molecule has 4 rings (SSSR count). The van der Waals surface area contributed by atoms with E-state index < -0.39 is 10.0 Å². The van der Waals surface area contributed by atoms with Gasteiger partial charge in [-0.3, -0.25) is 4.79 Å². The van der Waals surface area contributed by atoms with E-state index in [2.05, 4.69) is 10.2 Å². The smallest absolute Gasteiger partial charge is 0.243 e. The van der Waals surface area contributed by atoms with E-state index in [1.807, 2.05) is 24.3 Å². The van der Waals surface area contributed by atoms with Gasteiger partial charge in [-0.2, -0.15) is 4.31 Å². The van der Waals surface area contributed by atoms with E-state index in [1.54, 1.807) is 29.6 Å². The number of aryl methyl sites for hydroxylation is 1. The van der Waals surface area contributed by atoms with Crippen LogP contribution in [0.5, 0.6) is 5.75 Å². The second kappa shape index (κ2) is 11.2. The number of ether oxygens (including phenoxy) is 2. The molecular weight excluding hydrogens is 454 g/mol. The lowest BCUT2D eigenvalue weighted by atomic mass is 10.1. The Morgan fingerprint density at radius 3 is 2.38 bits per heavy atom. The third-order valence-electron chi connectivity index (χ3n) is 6.35. The van der Waals surface area contributed by atoms with Crippen molar-refractivity contribution in [2.24, 2.45) is 0 Å². The zero-order valence-electron chi connectivity index (χ0n) is 19.7. The molecule has 2 aliphatic rings. The molecule has 2 saturated heterocycles. The van der Waals surface area contributed by atoms with Gasteiger partial charge in [0.15, 0.2) is 0 Å². The number of hydrogen-bond acceptors (Lipinski definition) is 6. The Bertz CT molecular complexity index is 1080. The van der Waals surface area contributed by atoms with E-state index in [-0.39, 0.29) is 17.2 Å². The molecule has 0 bridgehead atoms.